The van der Waals surface area contributed by atoms with Gasteiger partial charge in [0.1, 0.15) is 19.0 Å². The van der Waals surface area contributed by atoms with E-state index in [-0.39, 0.29) is 6.61 Å². The smallest absolute Gasteiger partial charge is 0.311 e. The maximum absolute atomic E-state index is 13.6. The van der Waals surface area contributed by atoms with Gasteiger partial charge in [-0.15, -0.1) is 0 Å². The highest BCUT2D eigenvalue weighted by atomic mass is 79.9. The van der Waals surface area contributed by atoms with Gasteiger partial charge in [-0.25, -0.2) is 0 Å². The number of hydrogen-bond acceptors (Lipinski definition) is 11. The summed E-state index contributed by atoms with van der Waals surface area (Å²) in [5, 5.41) is 3.40. The quantitative estimate of drug-likeness (QED) is 0.116. The number of nitrogens with one attached hydrogen (secondary N) is 1. The molecule has 0 saturated carbocycles. The molecule has 0 aromatic heterocycles. The van der Waals surface area contributed by atoms with Crippen molar-refractivity contribution in [1.29, 1.82) is 0 Å². The monoisotopic (exact) mass is 751 g/mol. The molecule has 274 valence electrons. The van der Waals surface area contributed by atoms with Gasteiger partial charge >= 0.3 is 23.9 Å². The van der Waals surface area contributed by atoms with Gasteiger partial charge in [0.2, 0.25) is 0 Å². The number of ether oxygens (including phenoxy) is 5. The number of carbonyl (C=O) groups excluding carboxylic acids is 5. The minimum Gasteiger partial charge on any atom is -0.462 e. The summed E-state index contributed by atoms with van der Waals surface area (Å²) < 4.78 is 31.3. The molecule has 1 aromatic rings. The Morgan fingerprint density at radius 2 is 1.18 bits per heavy atom. The lowest BCUT2D eigenvalue weighted by atomic mass is 9.92. The van der Waals surface area contributed by atoms with E-state index < -0.39 is 82.2 Å². The molecule has 49 heavy (non-hydrogen) atoms. The normalized spacial score (nSPS) is 22.6. The highest BCUT2D eigenvalue weighted by Crippen LogP contribution is 2.35. The fourth-order valence-corrected chi connectivity index (χ4v) is 4.59. The fourth-order valence-electron chi connectivity index (χ4n) is 4.33. The Morgan fingerprint density at radius 1 is 0.735 bits per heavy atom. The van der Waals surface area contributed by atoms with E-state index in [1.54, 1.807) is 89.2 Å². The van der Waals surface area contributed by atoms with Crippen molar-refractivity contribution in [2.45, 2.75) is 126 Å². The van der Waals surface area contributed by atoms with E-state index in [1.807, 2.05) is 24.3 Å². The second-order valence-electron chi connectivity index (χ2n) is 16.4. The predicted molar refractivity (Wildman–Crippen MR) is 187 cm³/mol. The zero-order valence-corrected chi connectivity index (χ0v) is 32.5. The van der Waals surface area contributed by atoms with Crippen molar-refractivity contribution in [3.63, 3.8) is 0 Å². The number of allylic oxidation sites excluding steroid dienone is 1. The molecule has 1 N–H and O–H groups in total. The van der Waals surface area contributed by atoms with E-state index in [2.05, 4.69) is 21.2 Å². The van der Waals surface area contributed by atoms with E-state index >= 15 is 0 Å². The van der Waals surface area contributed by atoms with Gasteiger partial charge in [0, 0.05) is 10.5 Å². The molecule has 1 saturated heterocycles. The lowest BCUT2D eigenvalue weighted by Gasteiger charge is -2.47. The lowest BCUT2D eigenvalue weighted by Crippen LogP contribution is -2.66. The first-order valence-corrected chi connectivity index (χ1v) is 17.2. The summed E-state index contributed by atoms with van der Waals surface area (Å²) in [6, 6.07) is 6.97. The van der Waals surface area contributed by atoms with Gasteiger partial charge in [0.15, 0.2) is 24.5 Å². The van der Waals surface area contributed by atoms with Gasteiger partial charge in [0.05, 0.1) is 21.7 Å². The predicted octanol–water partition coefficient (Wildman–Crippen LogP) is 6.41. The molecular formula is C37H54BrNO10. The standard InChI is InChI=1S/C37H54BrNO10/c1-34(2,3)30(41)45-21-25-26(47-31(42)35(4,5)6)27(48-32(43)36(7,8)9)28(49-33(44)37(10,11)12)29(46-25)39-24(15-13-14-20-40)22-16-18-23(38)19-17-22/h13-14,16-20,24-29,39H,15,21H2,1-12H3/b14-13+/t24-,25+,26-,27-,28+,29+/m0/s1. The van der Waals surface area contributed by atoms with E-state index in [4.69, 9.17) is 23.7 Å². The van der Waals surface area contributed by atoms with Crippen LogP contribution in [0.5, 0.6) is 0 Å². The molecule has 0 radical (unpaired) electrons. The van der Waals surface area contributed by atoms with Crippen molar-refractivity contribution >= 4 is 46.1 Å². The molecule has 1 aromatic carbocycles. The van der Waals surface area contributed by atoms with Crippen LogP contribution in [0.3, 0.4) is 0 Å². The van der Waals surface area contributed by atoms with Gasteiger partial charge < -0.3 is 23.7 Å². The number of esters is 4. The third kappa shape index (κ3) is 12.6. The summed E-state index contributed by atoms with van der Waals surface area (Å²) in [4.78, 5) is 64.6. The molecule has 0 aliphatic carbocycles. The van der Waals surface area contributed by atoms with Crippen molar-refractivity contribution in [2.24, 2.45) is 21.7 Å². The Labute approximate surface area is 299 Å². The third-order valence-corrected chi connectivity index (χ3v) is 7.94. The molecule has 6 atom stereocenters. The fraction of sp³-hybridized carbons (Fsp3) is 0.649. The zero-order valence-electron chi connectivity index (χ0n) is 30.9. The van der Waals surface area contributed by atoms with Crippen LogP contribution in [0.2, 0.25) is 0 Å². The highest BCUT2D eigenvalue weighted by molar-refractivity contribution is 9.10. The Hall–Kier alpha value is -3.09. The van der Waals surface area contributed by atoms with Gasteiger partial charge in [-0.3, -0.25) is 29.3 Å². The largest absolute Gasteiger partial charge is 0.462 e. The minimum atomic E-state index is -1.38. The summed E-state index contributed by atoms with van der Waals surface area (Å²) in [7, 11) is 0. The number of rotatable bonds is 11. The molecule has 1 fully saturated rings. The Kier molecular flexibility index (Phi) is 14.4. The van der Waals surface area contributed by atoms with Crippen LogP contribution in [0, 0.1) is 21.7 Å². The highest BCUT2D eigenvalue weighted by Gasteiger charge is 2.55. The van der Waals surface area contributed by atoms with Gasteiger partial charge in [-0.1, -0.05) is 34.1 Å². The van der Waals surface area contributed by atoms with E-state index in [0.29, 0.717) is 12.7 Å². The molecule has 0 bridgehead atoms. The number of benzene rings is 1. The molecule has 1 heterocycles. The minimum absolute atomic E-state index is 0.318. The van der Waals surface area contributed by atoms with Crippen LogP contribution in [0.4, 0.5) is 0 Å². The van der Waals surface area contributed by atoms with E-state index in [9.17, 15) is 24.0 Å². The molecule has 12 heteroatoms. The Balaban J connectivity index is 2.81. The third-order valence-electron chi connectivity index (χ3n) is 7.42. The van der Waals surface area contributed by atoms with Crippen molar-refractivity contribution < 1.29 is 47.7 Å². The van der Waals surface area contributed by atoms with Crippen LogP contribution in [-0.4, -0.2) is 67.4 Å². The molecule has 0 amide bonds. The SMILES string of the molecule is CC(C)(C)C(=O)OC[C@H]1O[C@@H](N[C@@H](C/C=C/C=O)c2ccc(Br)cc2)[C@H](OC(=O)C(C)(C)C)[C@@H](OC(=O)C(C)(C)C)[C@H]1OC(=O)C(C)(C)C. The van der Waals surface area contributed by atoms with Crippen LogP contribution in [0.25, 0.3) is 0 Å². The number of aldehydes is 1. The number of halogens is 1. The van der Waals surface area contributed by atoms with Crippen LogP contribution < -0.4 is 5.32 Å². The average Bonchev–Trinajstić information content (AvgIpc) is 2.96. The molecule has 1 aliphatic heterocycles. The second-order valence-corrected chi connectivity index (χ2v) is 17.3. The molecule has 2 rings (SSSR count). The molecule has 0 spiro atoms. The summed E-state index contributed by atoms with van der Waals surface area (Å²) in [5.74, 6) is -2.43. The molecule has 1 aliphatic rings. The first-order valence-electron chi connectivity index (χ1n) is 16.4. The van der Waals surface area contributed by atoms with Crippen LogP contribution >= 0.6 is 15.9 Å². The lowest BCUT2D eigenvalue weighted by molar-refractivity contribution is -0.266. The van der Waals surface area contributed by atoms with Crippen molar-refractivity contribution in [3.05, 3.63) is 46.5 Å². The Morgan fingerprint density at radius 3 is 1.63 bits per heavy atom. The van der Waals surface area contributed by atoms with E-state index in [1.165, 1.54) is 6.08 Å². The number of hydrogen-bond donors (Lipinski definition) is 1. The summed E-state index contributed by atoms with van der Waals surface area (Å²) in [6.07, 6.45) is -2.36. The maximum atomic E-state index is 13.6. The topological polar surface area (TPSA) is 144 Å². The van der Waals surface area contributed by atoms with Crippen LogP contribution in [0.1, 0.15) is 101 Å². The first-order chi connectivity index (χ1) is 22.4. The van der Waals surface area contributed by atoms with Crippen LogP contribution in [0.15, 0.2) is 40.9 Å². The van der Waals surface area contributed by atoms with Crippen LogP contribution in [-0.2, 0) is 47.7 Å². The summed E-state index contributed by atoms with van der Waals surface area (Å²) >= 11 is 3.46. The first kappa shape index (κ1) is 42.1. The summed E-state index contributed by atoms with van der Waals surface area (Å²) in [6.45, 7) is 19.8. The van der Waals surface area contributed by atoms with Crippen molar-refractivity contribution in [3.8, 4) is 0 Å². The van der Waals surface area contributed by atoms with Crippen molar-refractivity contribution in [2.75, 3.05) is 6.61 Å². The number of carbonyl (C=O) groups is 5. The van der Waals surface area contributed by atoms with E-state index in [0.717, 1.165) is 10.0 Å². The van der Waals surface area contributed by atoms with Gasteiger partial charge in [0.25, 0.3) is 0 Å². The average molecular weight is 753 g/mol. The maximum Gasteiger partial charge on any atom is 0.311 e. The second kappa shape index (κ2) is 16.7. The Bertz CT molecular complexity index is 1350. The molecule has 0 unspecified atom stereocenters. The van der Waals surface area contributed by atoms with Crippen molar-refractivity contribution in [1.82, 2.24) is 5.32 Å². The molecular weight excluding hydrogens is 698 g/mol. The zero-order chi connectivity index (χ0) is 37.5. The summed E-state index contributed by atoms with van der Waals surface area (Å²) in [5.41, 5.74) is -2.99. The van der Waals surface area contributed by atoms with Gasteiger partial charge in [-0.2, -0.15) is 0 Å². The molecule has 11 nitrogen and oxygen atoms in total. The van der Waals surface area contributed by atoms with Gasteiger partial charge in [-0.05, 0) is 113 Å².